The summed E-state index contributed by atoms with van der Waals surface area (Å²) in [5.41, 5.74) is 10.5. The molecule has 6 heteroatoms. The molecule has 2 atom stereocenters. The fourth-order valence-corrected chi connectivity index (χ4v) is 3.86. The summed E-state index contributed by atoms with van der Waals surface area (Å²) < 4.78 is 4.95. The molecular weight excluding hydrogens is 426 g/mol. The van der Waals surface area contributed by atoms with E-state index in [1.807, 2.05) is 30.3 Å². The lowest BCUT2D eigenvalue weighted by Gasteiger charge is -2.22. The zero-order valence-corrected chi connectivity index (χ0v) is 20.0. The second kappa shape index (κ2) is 12.1. The molecule has 3 N–H and O–H groups in total. The van der Waals surface area contributed by atoms with Crippen molar-refractivity contribution >= 4 is 11.9 Å². The van der Waals surface area contributed by atoms with Crippen molar-refractivity contribution in [3.8, 4) is 11.3 Å². The van der Waals surface area contributed by atoms with Crippen LogP contribution >= 0.6 is 0 Å². The van der Waals surface area contributed by atoms with Gasteiger partial charge in [-0.15, -0.1) is 0 Å². The number of rotatable bonds is 10. The maximum Gasteiger partial charge on any atom is 0.323 e. The number of aromatic nitrogens is 1. The molecule has 0 radical (unpaired) electrons. The first-order chi connectivity index (χ1) is 16.4. The van der Waals surface area contributed by atoms with Gasteiger partial charge in [-0.2, -0.15) is 0 Å². The monoisotopic (exact) mass is 459 g/mol. The van der Waals surface area contributed by atoms with Crippen molar-refractivity contribution in [1.82, 2.24) is 10.3 Å². The van der Waals surface area contributed by atoms with Crippen LogP contribution in [0.15, 0.2) is 72.9 Å². The fraction of sp³-hybridized carbons (Fsp3) is 0.321. The van der Waals surface area contributed by atoms with Crippen LogP contribution in [0.1, 0.15) is 48.2 Å². The number of nitrogens with two attached hydrogens (primary N) is 1. The normalized spacial score (nSPS) is 12.7. The topological polar surface area (TPSA) is 94.3 Å². The van der Waals surface area contributed by atoms with E-state index in [2.05, 4.69) is 48.4 Å². The Balaban J connectivity index is 1.60. The summed E-state index contributed by atoms with van der Waals surface area (Å²) in [6.07, 6.45) is 2.15. The van der Waals surface area contributed by atoms with Crippen molar-refractivity contribution in [2.24, 2.45) is 11.7 Å². The van der Waals surface area contributed by atoms with E-state index in [-0.39, 0.29) is 11.8 Å². The number of pyridine rings is 1. The highest BCUT2D eigenvalue weighted by molar-refractivity contribution is 5.94. The molecule has 178 valence electrons. The van der Waals surface area contributed by atoms with E-state index in [0.717, 1.165) is 16.8 Å². The van der Waals surface area contributed by atoms with E-state index >= 15 is 0 Å². The van der Waals surface area contributed by atoms with Gasteiger partial charge in [0.25, 0.3) is 5.91 Å². The van der Waals surface area contributed by atoms with Gasteiger partial charge in [-0.25, -0.2) is 0 Å². The number of nitrogens with one attached hydrogen (secondary N) is 1. The van der Waals surface area contributed by atoms with Crippen molar-refractivity contribution in [3.63, 3.8) is 0 Å². The van der Waals surface area contributed by atoms with E-state index in [9.17, 15) is 9.59 Å². The fourth-order valence-electron chi connectivity index (χ4n) is 3.86. The molecule has 34 heavy (non-hydrogen) atoms. The molecule has 3 rings (SSSR count). The maximum atomic E-state index is 12.8. The molecule has 0 unspecified atom stereocenters. The third kappa shape index (κ3) is 6.75. The molecule has 0 fully saturated rings. The molecule has 6 nitrogen and oxygen atoms in total. The van der Waals surface area contributed by atoms with E-state index in [1.54, 1.807) is 25.3 Å². The molecule has 3 aromatic rings. The van der Waals surface area contributed by atoms with Gasteiger partial charge in [0, 0.05) is 29.8 Å². The third-order valence-corrected chi connectivity index (χ3v) is 5.85. The number of amides is 1. The summed E-state index contributed by atoms with van der Waals surface area (Å²) in [6, 6.07) is 20.7. The van der Waals surface area contributed by atoms with Crippen LogP contribution in [-0.2, 0) is 16.0 Å². The highest BCUT2D eigenvalue weighted by Crippen LogP contribution is 2.26. The quantitative estimate of drug-likeness (QED) is 0.440. The number of benzene rings is 2. The van der Waals surface area contributed by atoms with E-state index in [1.165, 1.54) is 5.56 Å². The lowest BCUT2D eigenvalue weighted by molar-refractivity contribution is -0.144. The molecule has 1 heterocycles. The van der Waals surface area contributed by atoms with Crippen LogP contribution in [0.25, 0.3) is 11.3 Å². The maximum absolute atomic E-state index is 12.8. The first kappa shape index (κ1) is 25.1. The summed E-state index contributed by atoms with van der Waals surface area (Å²) in [7, 11) is 0. The molecule has 0 saturated carbocycles. The lowest BCUT2D eigenvalue weighted by Crippen LogP contribution is -2.34. The number of hydrogen-bond acceptors (Lipinski definition) is 5. The number of esters is 1. The van der Waals surface area contributed by atoms with Gasteiger partial charge in [0.1, 0.15) is 6.04 Å². The van der Waals surface area contributed by atoms with Gasteiger partial charge in [0.05, 0.1) is 12.3 Å². The van der Waals surface area contributed by atoms with E-state index < -0.39 is 12.0 Å². The second-order valence-electron chi connectivity index (χ2n) is 8.66. The number of hydrogen-bond donors (Lipinski definition) is 2. The third-order valence-electron chi connectivity index (χ3n) is 5.85. The van der Waals surface area contributed by atoms with Crippen LogP contribution in [0.2, 0.25) is 0 Å². The minimum Gasteiger partial charge on any atom is -0.465 e. The van der Waals surface area contributed by atoms with Crippen molar-refractivity contribution in [1.29, 1.82) is 0 Å². The first-order valence-corrected chi connectivity index (χ1v) is 11.7. The SMILES string of the molecule is CCOC(=O)[C@@H](N)Cc1ccc(C(=O)NC[C@@H](c2ccc(-c3ccccn3)cc2)C(C)C)cc1. The zero-order valence-electron chi connectivity index (χ0n) is 20.0. The van der Waals surface area contributed by atoms with E-state index in [4.69, 9.17) is 10.5 Å². The minimum atomic E-state index is -0.713. The Morgan fingerprint density at radius 2 is 1.71 bits per heavy atom. The van der Waals surface area contributed by atoms with Crippen LogP contribution in [0.3, 0.4) is 0 Å². The molecular formula is C28H33N3O3. The van der Waals surface area contributed by atoms with Crippen LogP contribution in [0, 0.1) is 5.92 Å². The average Bonchev–Trinajstić information content (AvgIpc) is 2.85. The molecule has 0 spiro atoms. The van der Waals surface area contributed by atoms with Crippen molar-refractivity contribution in [3.05, 3.63) is 89.6 Å². The van der Waals surface area contributed by atoms with Crippen LogP contribution in [0.5, 0.6) is 0 Å². The van der Waals surface area contributed by atoms with Crippen LogP contribution < -0.4 is 11.1 Å². The Morgan fingerprint density at radius 3 is 2.29 bits per heavy atom. The Morgan fingerprint density at radius 1 is 1.00 bits per heavy atom. The van der Waals surface area contributed by atoms with Gasteiger partial charge in [-0.05, 0) is 54.7 Å². The number of carbonyl (C=O) groups excluding carboxylic acids is 2. The molecule has 0 aliphatic rings. The highest BCUT2D eigenvalue weighted by atomic mass is 16.5. The standard InChI is InChI=1S/C28H33N3O3/c1-4-34-28(33)25(29)17-20-8-10-23(11-9-20)27(32)31-18-24(19(2)3)21-12-14-22(15-13-21)26-7-5-6-16-30-26/h5-16,19,24-25H,4,17-18,29H2,1-3H3,(H,31,32)/t24-,25+/m1/s1. The van der Waals surface area contributed by atoms with E-state index in [0.29, 0.717) is 31.1 Å². The van der Waals surface area contributed by atoms with Gasteiger partial charge in [0.15, 0.2) is 0 Å². The van der Waals surface area contributed by atoms with Crippen molar-refractivity contribution in [2.75, 3.05) is 13.2 Å². The van der Waals surface area contributed by atoms with Gasteiger partial charge in [0.2, 0.25) is 0 Å². The molecule has 2 aromatic carbocycles. The Bertz CT molecular complexity index is 1060. The predicted octanol–water partition coefficient (Wildman–Crippen LogP) is 4.35. The summed E-state index contributed by atoms with van der Waals surface area (Å²) in [5, 5.41) is 3.07. The second-order valence-corrected chi connectivity index (χ2v) is 8.66. The molecule has 0 aliphatic heterocycles. The Kier molecular flexibility index (Phi) is 8.93. The molecule has 1 amide bonds. The Hall–Kier alpha value is -3.51. The largest absolute Gasteiger partial charge is 0.465 e. The van der Waals surface area contributed by atoms with Gasteiger partial charge in [-0.1, -0.05) is 56.3 Å². The number of ether oxygens (including phenoxy) is 1. The summed E-state index contributed by atoms with van der Waals surface area (Å²) in [6.45, 7) is 6.90. The van der Waals surface area contributed by atoms with Gasteiger partial charge < -0.3 is 15.8 Å². The van der Waals surface area contributed by atoms with Gasteiger partial charge in [-0.3, -0.25) is 14.6 Å². The molecule has 1 aromatic heterocycles. The van der Waals surface area contributed by atoms with Crippen LogP contribution in [0.4, 0.5) is 0 Å². The van der Waals surface area contributed by atoms with Crippen molar-refractivity contribution < 1.29 is 14.3 Å². The van der Waals surface area contributed by atoms with Crippen LogP contribution in [-0.4, -0.2) is 36.1 Å². The first-order valence-electron chi connectivity index (χ1n) is 11.7. The molecule has 0 aliphatic carbocycles. The van der Waals surface area contributed by atoms with Gasteiger partial charge >= 0.3 is 5.97 Å². The summed E-state index contributed by atoms with van der Waals surface area (Å²) >= 11 is 0. The molecule has 0 saturated heterocycles. The minimum absolute atomic E-state index is 0.128. The highest BCUT2D eigenvalue weighted by Gasteiger charge is 2.18. The number of nitrogens with zero attached hydrogens (tertiary/aromatic N) is 1. The van der Waals surface area contributed by atoms with Crippen molar-refractivity contribution in [2.45, 2.75) is 39.2 Å². The Labute approximate surface area is 201 Å². The zero-order chi connectivity index (χ0) is 24.5. The number of carbonyl (C=O) groups is 2. The average molecular weight is 460 g/mol. The summed E-state index contributed by atoms with van der Waals surface area (Å²) in [4.78, 5) is 28.9. The predicted molar refractivity (Wildman–Crippen MR) is 134 cm³/mol. The molecule has 0 bridgehead atoms. The summed E-state index contributed by atoms with van der Waals surface area (Å²) in [5.74, 6) is -0.00886. The smallest absolute Gasteiger partial charge is 0.323 e. The lowest BCUT2D eigenvalue weighted by atomic mass is 9.87.